The third kappa shape index (κ3) is 3.76. The van der Waals surface area contributed by atoms with Crippen molar-refractivity contribution in [3.63, 3.8) is 0 Å². The van der Waals surface area contributed by atoms with Crippen molar-refractivity contribution in [3.05, 3.63) is 16.1 Å². The summed E-state index contributed by atoms with van der Waals surface area (Å²) in [7, 11) is 0. The zero-order valence-electron chi connectivity index (χ0n) is 10.5. The maximum absolute atomic E-state index is 10.5. The number of rotatable bonds is 4. The van der Waals surface area contributed by atoms with Gasteiger partial charge >= 0.3 is 0 Å². The zero-order valence-corrected chi connectivity index (χ0v) is 11.4. The summed E-state index contributed by atoms with van der Waals surface area (Å²) in [5.74, 6) is 0. The molecule has 1 aromatic rings. The molecule has 1 fully saturated rings. The van der Waals surface area contributed by atoms with Crippen molar-refractivity contribution in [1.29, 1.82) is 0 Å². The molecular weight excluding hydrogens is 232 g/mol. The van der Waals surface area contributed by atoms with Crippen LogP contribution in [-0.2, 0) is 6.54 Å². The normalized spacial score (nSPS) is 20.1. The fraction of sp³-hybridized carbons (Fsp3) is 0.769. The summed E-state index contributed by atoms with van der Waals surface area (Å²) in [6, 6.07) is 0. The van der Waals surface area contributed by atoms with E-state index in [1.54, 1.807) is 11.3 Å². The van der Waals surface area contributed by atoms with Crippen LogP contribution in [-0.4, -0.2) is 22.2 Å². The third-order valence-corrected chi connectivity index (χ3v) is 4.55. The molecule has 0 unspecified atom stereocenters. The van der Waals surface area contributed by atoms with Crippen molar-refractivity contribution in [3.8, 4) is 0 Å². The van der Waals surface area contributed by atoms with Gasteiger partial charge in [0.25, 0.3) is 0 Å². The van der Waals surface area contributed by atoms with Crippen molar-refractivity contribution in [2.45, 2.75) is 57.6 Å². The molecule has 0 bridgehead atoms. The van der Waals surface area contributed by atoms with Crippen LogP contribution in [0, 0.1) is 6.92 Å². The number of nitrogens with zero attached hydrogens (tertiary/aromatic N) is 1. The standard InChI is InChI=1S/C13H22N2OS/c1-11-12(17-10-15-11)8-14-9-13(16)6-4-2-3-5-7-13/h10,14,16H,2-9H2,1H3. The Morgan fingerprint density at radius 2 is 2.06 bits per heavy atom. The number of aryl methyl sites for hydroxylation is 1. The Balaban J connectivity index is 1.79. The van der Waals surface area contributed by atoms with Gasteiger partial charge in [-0.3, -0.25) is 0 Å². The van der Waals surface area contributed by atoms with Crippen molar-refractivity contribution in [2.24, 2.45) is 0 Å². The zero-order chi connectivity index (χ0) is 12.1. The monoisotopic (exact) mass is 254 g/mol. The van der Waals surface area contributed by atoms with E-state index in [1.165, 1.54) is 17.7 Å². The molecule has 17 heavy (non-hydrogen) atoms. The highest BCUT2D eigenvalue weighted by Gasteiger charge is 2.27. The number of nitrogens with one attached hydrogen (secondary N) is 1. The summed E-state index contributed by atoms with van der Waals surface area (Å²) >= 11 is 1.68. The molecule has 3 nitrogen and oxygen atoms in total. The Bertz CT molecular complexity index is 343. The molecule has 0 aromatic carbocycles. The van der Waals surface area contributed by atoms with E-state index in [0.717, 1.165) is 37.9 Å². The Morgan fingerprint density at radius 3 is 2.65 bits per heavy atom. The minimum absolute atomic E-state index is 0.477. The van der Waals surface area contributed by atoms with Crippen LogP contribution in [0.2, 0.25) is 0 Å². The van der Waals surface area contributed by atoms with Crippen LogP contribution in [0.1, 0.15) is 49.1 Å². The molecule has 1 heterocycles. The van der Waals surface area contributed by atoms with E-state index >= 15 is 0 Å². The highest BCUT2D eigenvalue weighted by Crippen LogP contribution is 2.26. The third-order valence-electron chi connectivity index (χ3n) is 3.62. The maximum atomic E-state index is 10.5. The summed E-state index contributed by atoms with van der Waals surface area (Å²) in [4.78, 5) is 5.51. The van der Waals surface area contributed by atoms with Crippen LogP contribution in [0.25, 0.3) is 0 Å². The first-order valence-corrected chi connectivity index (χ1v) is 7.40. The highest BCUT2D eigenvalue weighted by molar-refractivity contribution is 7.09. The lowest BCUT2D eigenvalue weighted by Gasteiger charge is -2.26. The average molecular weight is 254 g/mol. The van der Waals surface area contributed by atoms with Crippen molar-refractivity contribution in [1.82, 2.24) is 10.3 Å². The fourth-order valence-corrected chi connectivity index (χ4v) is 3.21. The molecule has 4 heteroatoms. The Hall–Kier alpha value is -0.450. The van der Waals surface area contributed by atoms with E-state index in [2.05, 4.69) is 10.3 Å². The van der Waals surface area contributed by atoms with Crippen molar-refractivity contribution in [2.75, 3.05) is 6.54 Å². The Kier molecular flexibility index (Phi) is 4.54. The quantitative estimate of drug-likeness (QED) is 0.812. The van der Waals surface area contributed by atoms with Gasteiger partial charge in [0, 0.05) is 18.0 Å². The molecule has 1 saturated carbocycles. The Morgan fingerprint density at radius 1 is 1.35 bits per heavy atom. The van der Waals surface area contributed by atoms with E-state index in [4.69, 9.17) is 0 Å². The molecule has 2 N–H and O–H groups in total. The summed E-state index contributed by atoms with van der Waals surface area (Å²) in [5, 5.41) is 13.9. The predicted octanol–water partition coefficient (Wildman–Crippen LogP) is 2.63. The first-order chi connectivity index (χ1) is 8.20. The first-order valence-electron chi connectivity index (χ1n) is 6.52. The van der Waals surface area contributed by atoms with Gasteiger partial charge in [0.15, 0.2) is 0 Å². The molecule has 0 atom stereocenters. The lowest BCUT2D eigenvalue weighted by Crippen LogP contribution is -2.39. The van der Waals surface area contributed by atoms with Gasteiger partial charge in [-0.15, -0.1) is 11.3 Å². The summed E-state index contributed by atoms with van der Waals surface area (Å²) in [6.07, 6.45) is 6.77. The van der Waals surface area contributed by atoms with Gasteiger partial charge in [-0.25, -0.2) is 4.98 Å². The molecule has 0 spiro atoms. The van der Waals surface area contributed by atoms with E-state index in [-0.39, 0.29) is 0 Å². The van der Waals surface area contributed by atoms with Crippen LogP contribution in [0.15, 0.2) is 5.51 Å². The van der Waals surface area contributed by atoms with Crippen LogP contribution in [0.5, 0.6) is 0 Å². The molecule has 96 valence electrons. The molecule has 0 aliphatic heterocycles. The number of hydrogen-bond donors (Lipinski definition) is 2. The first kappa shape index (κ1) is 13.0. The minimum atomic E-state index is -0.477. The van der Waals surface area contributed by atoms with E-state index in [9.17, 15) is 5.11 Å². The molecule has 1 aromatic heterocycles. The second kappa shape index (κ2) is 5.94. The molecule has 1 aliphatic rings. The van der Waals surface area contributed by atoms with Gasteiger partial charge in [-0.05, 0) is 19.8 Å². The highest BCUT2D eigenvalue weighted by atomic mass is 32.1. The molecule has 0 amide bonds. The number of aliphatic hydroxyl groups is 1. The van der Waals surface area contributed by atoms with Crippen LogP contribution >= 0.6 is 11.3 Å². The molecular formula is C13H22N2OS. The summed E-state index contributed by atoms with van der Waals surface area (Å²) < 4.78 is 0. The second-order valence-corrected chi connectivity index (χ2v) is 6.04. The van der Waals surface area contributed by atoms with Gasteiger partial charge in [0.2, 0.25) is 0 Å². The summed E-state index contributed by atoms with van der Waals surface area (Å²) in [5.41, 5.74) is 2.51. The van der Waals surface area contributed by atoms with E-state index < -0.39 is 5.60 Å². The van der Waals surface area contributed by atoms with Gasteiger partial charge < -0.3 is 10.4 Å². The Labute approximate surface area is 107 Å². The SMILES string of the molecule is Cc1ncsc1CNCC1(O)CCCCCC1. The maximum Gasteiger partial charge on any atom is 0.0798 e. The van der Waals surface area contributed by atoms with Gasteiger partial charge in [-0.2, -0.15) is 0 Å². The topological polar surface area (TPSA) is 45.2 Å². The second-order valence-electron chi connectivity index (χ2n) is 5.10. The van der Waals surface area contributed by atoms with Crippen molar-refractivity contribution >= 4 is 11.3 Å². The molecule has 1 aliphatic carbocycles. The van der Waals surface area contributed by atoms with E-state index in [0.29, 0.717) is 6.54 Å². The molecule has 0 radical (unpaired) electrons. The summed E-state index contributed by atoms with van der Waals surface area (Å²) in [6.45, 7) is 3.58. The van der Waals surface area contributed by atoms with Gasteiger partial charge in [-0.1, -0.05) is 25.7 Å². The minimum Gasteiger partial charge on any atom is -0.389 e. The number of aromatic nitrogens is 1. The van der Waals surface area contributed by atoms with Crippen LogP contribution in [0.4, 0.5) is 0 Å². The van der Waals surface area contributed by atoms with Gasteiger partial charge in [0.1, 0.15) is 0 Å². The number of thiazole rings is 1. The molecule has 2 rings (SSSR count). The fourth-order valence-electron chi connectivity index (χ4n) is 2.47. The lowest BCUT2D eigenvalue weighted by atomic mass is 9.94. The van der Waals surface area contributed by atoms with Crippen LogP contribution in [0.3, 0.4) is 0 Å². The van der Waals surface area contributed by atoms with E-state index in [1.807, 2.05) is 12.4 Å². The smallest absolute Gasteiger partial charge is 0.0798 e. The number of hydrogen-bond acceptors (Lipinski definition) is 4. The predicted molar refractivity (Wildman–Crippen MR) is 71.2 cm³/mol. The van der Waals surface area contributed by atoms with Gasteiger partial charge in [0.05, 0.1) is 16.8 Å². The largest absolute Gasteiger partial charge is 0.389 e. The van der Waals surface area contributed by atoms with Crippen LogP contribution < -0.4 is 5.32 Å². The molecule has 0 saturated heterocycles. The lowest BCUT2D eigenvalue weighted by molar-refractivity contribution is 0.0251. The van der Waals surface area contributed by atoms with Crippen molar-refractivity contribution < 1.29 is 5.11 Å². The average Bonchev–Trinajstić information content (AvgIpc) is 2.58.